The van der Waals surface area contributed by atoms with Crippen molar-refractivity contribution in [1.82, 2.24) is 18.7 Å². The Labute approximate surface area is 154 Å². The lowest BCUT2D eigenvalue weighted by molar-refractivity contribution is 0.0966. The van der Waals surface area contributed by atoms with Gasteiger partial charge in [-0.15, -0.1) is 5.10 Å². The summed E-state index contributed by atoms with van der Waals surface area (Å²) in [6.07, 6.45) is 0.720. The van der Waals surface area contributed by atoms with Gasteiger partial charge in [0.15, 0.2) is 5.78 Å². The van der Waals surface area contributed by atoms with Crippen LogP contribution in [0.1, 0.15) is 23.7 Å². The molecule has 2 aromatic carbocycles. The molecule has 0 spiro atoms. The molecule has 0 amide bonds. The predicted molar refractivity (Wildman–Crippen MR) is 102 cm³/mol. The Morgan fingerprint density at radius 1 is 1.00 bits per heavy atom. The lowest BCUT2D eigenvalue weighted by atomic mass is 10.1. The second-order valence-corrected chi connectivity index (χ2v) is 6.34. The summed E-state index contributed by atoms with van der Waals surface area (Å²) in [7, 11) is 0. The fraction of sp³-hybridized carbons (Fsp3) is 0.200. The first-order valence-electron chi connectivity index (χ1n) is 8.81. The highest BCUT2D eigenvalue weighted by atomic mass is 16.2. The fourth-order valence-electron chi connectivity index (χ4n) is 3.25. The number of nitrogens with zero attached hydrogens (tertiary/aromatic N) is 4. The van der Waals surface area contributed by atoms with E-state index in [1.54, 1.807) is 48.5 Å². The minimum absolute atomic E-state index is 0.181. The minimum atomic E-state index is -0.435. The first-order chi connectivity index (χ1) is 13.1. The van der Waals surface area contributed by atoms with Gasteiger partial charge in [0.05, 0.1) is 10.9 Å². The number of Topliss-reactive ketones (excluding diaryl/α,β-unsaturated/α-hetero) is 1. The average molecular weight is 362 g/mol. The van der Waals surface area contributed by atoms with Crippen LogP contribution in [0.5, 0.6) is 0 Å². The van der Waals surface area contributed by atoms with Crippen molar-refractivity contribution < 1.29 is 4.79 Å². The van der Waals surface area contributed by atoms with Gasteiger partial charge in [-0.2, -0.15) is 0 Å². The summed E-state index contributed by atoms with van der Waals surface area (Å²) >= 11 is 0. The van der Waals surface area contributed by atoms with E-state index in [9.17, 15) is 14.4 Å². The summed E-state index contributed by atoms with van der Waals surface area (Å²) in [6.45, 7) is 2.21. The van der Waals surface area contributed by atoms with E-state index in [1.807, 2.05) is 13.0 Å². The number of para-hydroxylation sites is 1. The summed E-state index contributed by atoms with van der Waals surface area (Å²) < 4.78 is 4.03. The van der Waals surface area contributed by atoms with Crippen LogP contribution in [0.25, 0.3) is 16.7 Å². The first-order valence-corrected chi connectivity index (χ1v) is 8.81. The van der Waals surface area contributed by atoms with Crippen molar-refractivity contribution in [3.63, 3.8) is 0 Å². The molecule has 0 bridgehead atoms. The summed E-state index contributed by atoms with van der Waals surface area (Å²) in [4.78, 5) is 38.3. The molecule has 2 heterocycles. The predicted octanol–water partition coefficient (Wildman–Crippen LogP) is 2.10. The van der Waals surface area contributed by atoms with Crippen LogP contribution < -0.4 is 11.2 Å². The van der Waals surface area contributed by atoms with Crippen molar-refractivity contribution in [3.8, 4) is 0 Å². The molecule has 0 aliphatic carbocycles. The quantitative estimate of drug-likeness (QED) is 0.510. The number of benzene rings is 2. The van der Waals surface area contributed by atoms with Crippen molar-refractivity contribution in [3.05, 3.63) is 81.0 Å². The van der Waals surface area contributed by atoms with Crippen LogP contribution in [0.15, 0.2) is 64.2 Å². The third-order valence-electron chi connectivity index (χ3n) is 4.52. The molecule has 27 heavy (non-hydrogen) atoms. The average Bonchev–Trinajstić information content (AvgIpc) is 3.02. The lowest BCUT2D eigenvalue weighted by Gasteiger charge is -2.07. The van der Waals surface area contributed by atoms with Gasteiger partial charge in [0.1, 0.15) is 6.54 Å². The monoisotopic (exact) mass is 362 g/mol. The van der Waals surface area contributed by atoms with Gasteiger partial charge >= 0.3 is 5.69 Å². The number of hydrogen-bond donors (Lipinski definition) is 0. The van der Waals surface area contributed by atoms with Crippen molar-refractivity contribution in [1.29, 1.82) is 0 Å². The highest BCUT2D eigenvalue weighted by molar-refractivity contribution is 5.95. The Morgan fingerprint density at radius 2 is 1.70 bits per heavy atom. The summed E-state index contributed by atoms with van der Waals surface area (Å²) in [6, 6.07) is 15.7. The topological polar surface area (TPSA) is 78.4 Å². The molecule has 0 N–H and O–H groups in total. The van der Waals surface area contributed by atoms with Crippen LogP contribution in [-0.2, 0) is 13.1 Å². The van der Waals surface area contributed by atoms with E-state index in [4.69, 9.17) is 0 Å². The second kappa shape index (κ2) is 6.68. The Morgan fingerprint density at radius 3 is 2.44 bits per heavy atom. The highest BCUT2D eigenvalue weighted by Gasteiger charge is 2.18. The van der Waals surface area contributed by atoms with E-state index in [0.29, 0.717) is 23.0 Å². The number of carbonyl (C=O) groups is 1. The smallest absolute Gasteiger partial charge is 0.292 e. The van der Waals surface area contributed by atoms with Crippen LogP contribution in [0, 0.1) is 0 Å². The fourth-order valence-corrected chi connectivity index (χ4v) is 3.25. The molecule has 4 rings (SSSR count). The maximum Gasteiger partial charge on any atom is 0.352 e. The van der Waals surface area contributed by atoms with Crippen LogP contribution >= 0.6 is 0 Å². The molecule has 0 atom stereocenters. The minimum Gasteiger partial charge on any atom is -0.292 e. The molecule has 0 saturated heterocycles. The van der Waals surface area contributed by atoms with Crippen LogP contribution in [-0.4, -0.2) is 24.5 Å². The number of ketones is 1. The zero-order valence-corrected chi connectivity index (χ0v) is 14.8. The second-order valence-electron chi connectivity index (χ2n) is 6.34. The Bertz CT molecular complexity index is 1270. The van der Waals surface area contributed by atoms with Gasteiger partial charge in [-0.25, -0.2) is 13.9 Å². The maximum absolute atomic E-state index is 13.0. The molecule has 0 fully saturated rings. The SMILES string of the molecule is CCCn1c(=O)c2ccccc2n2c(=O)n(CC(=O)c3ccccc3)nc12. The zero-order chi connectivity index (χ0) is 19.0. The number of aryl methyl sites for hydroxylation is 1. The van der Waals surface area contributed by atoms with Gasteiger partial charge in [-0.05, 0) is 18.6 Å². The first kappa shape index (κ1) is 17.0. The number of hydrogen-bond acceptors (Lipinski definition) is 4. The van der Waals surface area contributed by atoms with Gasteiger partial charge < -0.3 is 0 Å². The molecule has 0 unspecified atom stereocenters. The van der Waals surface area contributed by atoms with Crippen LogP contribution in [0.3, 0.4) is 0 Å². The molecular formula is C20H18N4O3. The number of fused-ring (bicyclic) bond motifs is 3. The summed E-state index contributed by atoms with van der Waals surface area (Å²) in [5, 5.41) is 4.77. The number of rotatable bonds is 5. The third kappa shape index (κ3) is 2.77. The van der Waals surface area contributed by atoms with Gasteiger partial charge in [-0.3, -0.25) is 14.2 Å². The Balaban J connectivity index is 1.94. The molecule has 2 aromatic heterocycles. The van der Waals surface area contributed by atoms with Gasteiger partial charge in [0, 0.05) is 12.1 Å². The van der Waals surface area contributed by atoms with E-state index < -0.39 is 5.69 Å². The van der Waals surface area contributed by atoms with E-state index >= 15 is 0 Å². The van der Waals surface area contributed by atoms with Crippen molar-refractivity contribution >= 4 is 22.5 Å². The van der Waals surface area contributed by atoms with Crippen LogP contribution in [0.4, 0.5) is 0 Å². The standard InChI is InChI=1S/C20H18N4O3/c1-2-12-22-18(26)15-10-6-7-11-16(15)24-19(22)21-23(20(24)27)13-17(25)14-8-4-3-5-9-14/h3-11H,2,12-13H2,1H3. The summed E-state index contributed by atoms with van der Waals surface area (Å²) in [5.74, 6) is 0.0428. The summed E-state index contributed by atoms with van der Waals surface area (Å²) in [5.41, 5.74) is 0.382. The van der Waals surface area contributed by atoms with Crippen molar-refractivity contribution in [2.24, 2.45) is 0 Å². The molecule has 0 saturated carbocycles. The maximum atomic E-state index is 13.0. The molecule has 136 valence electrons. The van der Waals surface area contributed by atoms with Crippen molar-refractivity contribution in [2.75, 3.05) is 0 Å². The number of carbonyl (C=O) groups excluding carboxylic acids is 1. The normalized spacial score (nSPS) is 11.3. The number of aromatic nitrogens is 4. The van der Waals surface area contributed by atoms with Crippen molar-refractivity contribution in [2.45, 2.75) is 26.4 Å². The van der Waals surface area contributed by atoms with Gasteiger partial charge in [-0.1, -0.05) is 49.4 Å². The molecule has 0 radical (unpaired) electrons. The zero-order valence-electron chi connectivity index (χ0n) is 14.8. The molecule has 7 nitrogen and oxygen atoms in total. The highest BCUT2D eigenvalue weighted by Crippen LogP contribution is 2.11. The van der Waals surface area contributed by atoms with E-state index in [1.165, 1.54) is 8.97 Å². The van der Waals surface area contributed by atoms with E-state index in [0.717, 1.165) is 11.1 Å². The Kier molecular flexibility index (Phi) is 4.19. The molecular weight excluding hydrogens is 344 g/mol. The van der Waals surface area contributed by atoms with Gasteiger partial charge in [0.25, 0.3) is 5.56 Å². The molecule has 7 heteroatoms. The lowest BCUT2D eigenvalue weighted by Crippen LogP contribution is -2.27. The van der Waals surface area contributed by atoms with E-state index in [2.05, 4.69) is 5.10 Å². The largest absolute Gasteiger partial charge is 0.352 e. The Hall–Kier alpha value is -3.48. The van der Waals surface area contributed by atoms with Gasteiger partial charge in [0.2, 0.25) is 5.78 Å². The third-order valence-corrected chi connectivity index (χ3v) is 4.52. The molecule has 0 aliphatic heterocycles. The molecule has 0 aliphatic rings. The van der Waals surface area contributed by atoms with Crippen LogP contribution in [0.2, 0.25) is 0 Å². The van der Waals surface area contributed by atoms with E-state index in [-0.39, 0.29) is 23.7 Å². The molecule has 4 aromatic rings.